The third-order valence-electron chi connectivity index (χ3n) is 11.2. The van der Waals surface area contributed by atoms with Crippen LogP contribution in [0.15, 0.2) is 223 Å². The van der Waals surface area contributed by atoms with Gasteiger partial charge in [0, 0.05) is 49.6 Å². The van der Waals surface area contributed by atoms with Gasteiger partial charge in [-0.3, -0.25) is 0 Å². The smallest absolute Gasteiger partial charge is 0.143 e. The number of anilines is 3. The average Bonchev–Trinajstić information content (AvgIpc) is 3.84. The van der Waals surface area contributed by atoms with Crippen LogP contribution in [0.25, 0.3) is 82.8 Å². The van der Waals surface area contributed by atoms with Crippen LogP contribution < -0.4 is 4.90 Å². The zero-order valence-corrected chi connectivity index (χ0v) is 31.1. The van der Waals surface area contributed by atoms with Gasteiger partial charge >= 0.3 is 0 Å². The highest BCUT2D eigenvalue weighted by Gasteiger charge is 2.21. The molecule has 0 bridgehead atoms. The summed E-state index contributed by atoms with van der Waals surface area (Å²) in [6, 6.07) is 78.0. The molecule has 9 aromatic carbocycles. The number of hydrogen-bond donors (Lipinski definition) is 0. The van der Waals surface area contributed by atoms with Crippen LogP contribution in [0.2, 0.25) is 0 Å². The maximum atomic E-state index is 6.54. The Morgan fingerprint density at radius 1 is 0.351 bits per heavy atom. The van der Waals surface area contributed by atoms with Gasteiger partial charge in [0.15, 0.2) is 0 Å². The first-order valence-corrected chi connectivity index (χ1v) is 19.4. The minimum Gasteiger partial charge on any atom is -0.455 e. The summed E-state index contributed by atoms with van der Waals surface area (Å²) in [5, 5.41) is 4.76. The van der Waals surface area contributed by atoms with Crippen LogP contribution in [-0.4, -0.2) is 4.57 Å². The number of rotatable bonds is 7. The molecule has 0 N–H and O–H groups in total. The average molecular weight is 729 g/mol. The Morgan fingerprint density at radius 3 is 1.70 bits per heavy atom. The van der Waals surface area contributed by atoms with Gasteiger partial charge in [-0.25, -0.2) is 0 Å². The molecule has 2 heterocycles. The maximum absolute atomic E-state index is 6.54. The number of nitrogens with zero attached hydrogens (tertiary/aromatic N) is 2. The largest absolute Gasteiger partial charge is 0.455 e. The van der Waals surface area contributed by atoms with Crippen molar-refractivity contribution in [2.24, 2.45) is 0 Å². The van der Waals surface area contributed by atoms with Crippen LogP contribution in [0, 0.1) is 0 Å². The molecule has 0 radical (unpaired) electrons. The van der Waals surface area contributed by atoms with E-state index < -0.39 is 0 Å². The highest BCUT2D eigenvalue weighted by atomic mass is 16.3. The Labute approximate surface area is 330 Å². The van der Waals surface area contributed by atoms with Gasteiger partial charge in [0.05, 0.1) is 22.4 Å². The molecule has 0 saturated heterocycles. The molecule has 0 amide bonds. The number of benzene rings is 9. The minimum atomic E-state index is 0.896. The van der Waals surface area contributed by atoms with Crippen LogP contribution in [0.5, 0.6) is 0 Å². The predicted molar refractivity (Wildman–Crippen MR) is 239 cm³/mol. The van der Waals surface area contributed by atoms with Crippen molar-refractivity contribution in [3.63, 3.8) is 0 Å². The summed E-state index contributed by atoms with van der Waals surface area (Å²) in [6.07, 6.45) is 0. The Bertz CT molecular complexity index is 3190. The van der Waals surface area contributed by atoms with E-state index in [0.717, 1.165) is 61.4 Å². The van der Waals surface area contributed by atoms with E-state index in [-0.39, 0.29) is 0 Å². The molecule has 11 aromatic rings. The number of para-hydroxylation sites is 7. The van der Waals surface area contributed by atoms with E-state index in [9.17, 15) is 0 Å². The van der Waals surface area contributed by atoms with Gasteiger partial charge in [0.1, 0.15) is 11.2 Å². The van der Waals surface area contributed by atoms with Crippen molar-refractivity contribution < 1.29 is 4.42 Å². The van der Waals surface area contributed by atoms with Gasteiger partial charge in [-0.05, 0) is 77.4 Å². The molecule has 0 spiro atoms. The van der Waals surface area contributed by atoms with Crippen LogP contribution >= 0.6 is 0 Å². The summed E-state index contributed by atoms with van der Waals surface area (Å²) >= 11 is 0. The molecule has 0 unspecified atom stereocenters. The zero-order valence-electron chi connectivity index (χ0n) is 31.1. The van der Waals surface area contributed by atoms with Gasteiger partial charge in [-0.15, -0.1) is 0 Å². The van der Waals surface area contributed by atoms with Crippen LogP contribution in [0.4, 0.5) is 17.1 Å². The number of furan rings is 1. The molecule has 0 aliphatic rings. The third-order valence-corrected chi connectivity index (χ3v) is 11.2. The molecule has 268 valence electrons. The zero-order chi connectivity index (χ0) is 37.7. The van der Waals surface area contributed by atoms with Crippen molar-refractivity contribution in [1.29, 1.82) is 0 Å². The highest BCUT2D eigenvalue weighted by Crippen LogP contribution is 2.45. The lowest BCUT2D eigenvalue weighted by atomic mass is 9.97. The monoisotopic (exact) mass is 728 g/mol. The molecule has 0 saturated carbocycles. The first kappa shape index (κ1) is 32.8. The van der Waals surface area contributed by atoms with Gasteiger partial charge in [0.2, 0.25) is 0 Å². The number of fused-ring (bicyclic) bond motifs is 6. The second-order valence-electron chi connectivity index (χ2n) is 14.5. The number of hydrogen-bond acceptors (Lipinski definition) is 2. The fraction of sp³-hybridized carbons (Fsp3) is 0. The fourth-order valence-corrected chi connectivity index (χ4v) is 8.62. The molecule has 0 aliphatic carbocycles. The summed E-state index contributed by atoms with van der Waals surface area (Å²) in [5.41, 5.74) is 15.4. The molecule has 0 atom stereocenters. The second-order valence-corrected chi connectivity index (χ2v) is 14.5. The first-order chi connectivity index (χ1) is 28.3. The van der Waals surface area contributed by atoms with E-state index >= 15 is 0 Å². The lowest BCUT2D eigenvalue weighted by molar-refractivity contribution is 0.670. The molecule has 2 aromatic heterocycles. The number of aromatic nitrogens is 1. The Kier molecular flexibility index (Phi) is 7.82. The van der Waals surface area contributed by atoms with E-state index in [1.165, 1.54) is 38.5 Å². The summed E-state index contributed by atoms with van der Waals surface area (Å²) < 4.78 is 8.95. The van der Waals surface area contributed by atoms with Gasteiger partial charge in [-0.2, -0.15) is 0 Å². The van der Waals surface area contributed by atoms with Crippen molar-refractivity contribution in [1.82, 2.24) is 4.57 Å². The fourth-order valence-electron chi connectivity index (χ4n) is 8.62. The van der Waals surface area contributed by atoms with E-state index in [4.69, 9.17) is 4.42 Å². The Morgan fingerprint density at radius 2 is 0.912 bits per heavy atom. The van der Waals surface area contributed by atoms with Crippen molar-refractivity contribution >= 4 is 60.8 Å². The highest BCUT2D eigenvalue weighted by molar-refractivity contribution is 6.11. The summed E-state index contributed by atoms with van der Waals surface area (Å²) in [5.74, 6) is 0. The van der Waals surface area contributed by atoms with Crippen molar-refractivity contribution in [3.05, 3.63) is 218 Å². The van der Waals surface area contributed by atoms with Gasteiger partial charge in [0.25, 0.3) is 0 Å². The van der Waals surface area contributed by atoms with Crippen molar-refractivity contribution in [2.45, 2.75) is 0 Å². The predicted octanol–water partition coefficient (Wildman–Crippen LogP) is 15.2. The SMILES string of the molecule is c1ccc(N(c2ccc(-c3cccc(-c4ccccc4-n4c5ccccc5c5ccccc54)c3)cc2)c2ccccc2-c2cccc3c2oc2ccccc23)cc1. The van der Waals surface area contributed by atoms with E-state index in [2.05, 4.69) is 216 Å². The van der Waals surface area contributed by atoms with E-state index in [1.807, 2.05) is 12.1 Å². The van der Waals surface area contributed by atoms with Gasteiger partial charge < -0.3 is 13.9 Å². The maximum Gasteiger partial charge on any atom is 0.143 e. The Balaban J connectivity index is 1.000. The standard InChI is InChI=1S/C54H36N2O/c1-2-18-40(19-3-1)55(50-28-10-7-23-45(50)47-25-15-26-48-46-24-8-13-31-53(46)57-54(47)48)41-34-32-37(33-35-41)38-16-14-17-39(36-38)42-20-4-9-27-49(42)56-51-29-11-5-21-43(51)44-22-6-12-30-52(44)56/h1-36H. The minimum absolute atomic E-state index is 0.896. The van der Waals surface area contributed by atoms with Crippen LogP contribution in [-0.2, 0) is 0 Å². The molecule has 57 heavy (non-hydrogen) atoms. The lowest BCUT2D eigenvalue weighted by Crippen LogP contribution is -2.11. The van der Waals surface area contributed by atoms with Crippen molar-refractivity contribution in [2.75, 3.05) is 4.90 Å². The first-order valence-electron chi connectivity index (χ1n) is 19.4. The Hall–Kier alpha value is -7.62. The second kappa shape index (κ2) is 13.6. The van der Waals surface area contributed by atoms with E-state index in [0.29, 0.717) is 0 Å². The molecular formula is C54H36N2O. The molecule has 3 heteroatoms. The van der Waals surface area contributed by atoms with Gasteiger partial charge in [-0.1, -0.05) is 158 Å². The topological polar surface area (TPSA) is 21.3 Å². The molecule has 0 fully saturated rings. The summed E-state index contributed by atoms with van der Waals surface area (Å²) in [7, 11) is 0. The quantitative estimate of drug-likeness (QED) is 0.163. The van der Waals surface area contributed by atoms with Crippen molar-refractivity contribution in [3.8, 4) is 39.1 Å². The molecule has 11 rings (SSSR count). The summed E-state index contributed by atoms with van der Waals surface area (Å²) in [6.45, 7) is 0. The lowest BCUT2D eigenvalue weighted by Gasteiger charge is -2.28. The molecule has 0 aliphatic heterocycles. The summed E-state index contributed by atoms with van der Waals surface area (Å²) in [4.78, 5) is 2.35. The van der Waals surface area contributed by atoms with E-state index in [1.54, 1.807) is 0 Å². The third kappa shape index (κ3) is 5.51. The van der Waals surface area contributed by atoms with Crippen LogP contribution in [0.1, 0.15) is 0 Å². The molecule has 3 nitrogen and oxygen atoms in total. The molecular weight excluding hydrogens is 693 g/mol. The normalized spacial score (nSPS) is 11.5. The van der Waals surface area contributed by atoms with Crippen LogP contribution in [0.3, 0.4) is 0 Å².